The van der Waals surface area contributed by atoms with Crippen molar-refractivity contribution in [3.05, 3.63) is 58.6 Å². The van der Waals surface area contributed by atoms with Gasteiger partial charge in [0.25, 0.3) is 5.91 Å². The van der Waals surface area contributed by atoms with Gasteiger partial charge in [-0.1, -0.05) is 29.3 Å². The predicted molar refractivity (Wildman–Crippen MR) is 91.4 cm³/mol. The predicted octanol–water partition coefficient (Wildman–Crippen LogP) is 3.90. The first-order valence-electron chi connectivity index (χ1n) is 7.41. The molecule has 0 heterocycles. The van der Waals surface area contributed by atoms with Gasteiger partial charge in [-0.15, -0.1) is 0 Å². The minimum absolute atomic E-state index is 0.00243. The molecule has 1 amide bonds. The maximum atomic E-state index is 12.3. The fourth-order valence-corrected chi connectivity index (χ4v) is 2.36. The van der Waals surface area contributed by atoms with Crippen LogP contribution in [0.15, 0.2) is 42.5 Å². The van der Waals surface area contributed by atoms with Gasteiger partial charge in [-0.05, 0) is 43.7 Å². The second-order valence-electron chi connectivity index (χ2n) is 5.41. The molecule has 2 aromatic rings. The lowest BCUT2D eigenvalue weighted by Crippen LogP contribution is -2.28. The maximum absolute atomic E-state index is 12.3. The van der Waals surface area contributed by atoms with Crippen molar-refractivity contribution in [3.63, 3.8) is 0 Å². The molecule has 0 aliphatic heterocycles. The molecule has 2 rings (SSSR count). The number of halogens is 1. The van der Waals surface area contributed by atoms with E-state index in [9.17, 15) is 9.90 Å². The number of hydrogen-bond donors (Lipinski definition) is 1. The van der Waals surface area contributed by atoms with Crippen LogP contribution >= 0.6 is 11.6 Å². The van der Waals surface area contributed by atoms with E-state index in [4.69, 9.17) is 16.3 Å². The zero-order valence-corrected chi connectivity index (χ0v) is 14.0. The number of aromatic hydroxyl groups is 1. The number of aryl methyl sites for hydroxylation is 1. The molecule has 0 aromatic heterocycles. The fourth-order valence-electron chi connectivity index (χ4n) is 2.18. The number of benzene rings is 2. The summed E-state index contributed by atoms with van der Waals surface area (Å²) >= 11 is 5.89. The van der Waals surface area contributed by atoms with E-state index >= 15 is 0 Å². The molecule has 0 atom stereocenters. The molecule has 23 heavy (non-hydrogen) atoms. The van der Waals surface area contributed by atoms with Gasteiger partial charge in [0.2, 0.25) is 0 Å². The molecule has 122 valence electrons. The van der Waals surface area contributed by atoms with Crippen molar-refractivity contribution in [1.29, 1.82) is 0 Å². The van der Waals surface area contributed by atoms with Crippen molar-refractivity contribution >= 4 is 17.5 Å². The highest BCUT2D eigenvalue weighted by molar-refractivity contribution is 6.30. The van der Waals surface area contributed by atoms with E-state index in [-0.39, 0.29) is 11.7 Å². The molecule has 0 spiro atoms. The van der Waals surface area contributed by atoms with E-state index in [1.807, 2.05) is 19.1 Å². The topological polar surface area (TPSA) is 49.8 Å². The van der Waals surface area contributed by atoms with Crippen LogP contribution in [-0.2, 0) is 0 Å². The monoisotopic (exact) mass is 333 g/mol. The van der Waals surface area contributed by atoms with E-state index in [0.29, 0.717) is 35.9 Å². The van der Waals surface area contributed by atoms with Crippen molar-refractivity contribution in [1.82, 2.24) is 4.90 Å². The number of ether oxygens (including phenoxy) is 1. The zero-order valence-electron chi connectivity index (χ0n) is 13.3. The summed E-state index contributed by atoms with van der Waals surface area (Å²) in [6.07, 6.45) is 0.682. The lowest BCUT2D eigenvalue weighted by atomic mass is 10.1. The largest absolute Gasteiger partial charge is 0.507 e. The zero-order chi connectivity index (χ0) is 16.8. The molecule has 0 aliphatic carbocycles. The summed E-state index contributed by atoms with van der Waals surface area (Å²) in [6, 6.07) is 12.2. The Hall–Kier alpha value is -2.20. The maximum Gasteiger partial charge on any atom is 0.257 e. The molecule has 4 nitrogen and oxygen atoms in total. The number of carbonyl (C=O) groups excluding carboxylic acids is 1. The average molecular weight is 334 g/mol. The molecule has 2 aromatic carbocycles. The Kier molecular flexibility index (Phi) is 5.88. The molecular formula is C18H20ClNO3. The first-order chi connectivity index (χ1) is 11.0. The van der Waals surface area contributed by atoms with Crippen molar-refractivity contribution < 1.29 is 14.6 Å². The average Bonchev–Trinajstić information content (AvgIpc) is 2.53. The van der Waals surface area contributed by atoms with Crippen LogP contribution in [0.2, 0.25) is 5.02 Å². The van der Waals surface area contributed by atoms with Crippen LogP contribution in [0.5, 0.6) is 11.5 Å². The third-order valence-electron chi connectivity index (χ3n) is 3.43. The molecule has 0 unspecified atom stereocenters. The van der Waals surface area contributed by atoms with Gasteiger partial charge in [-0.3, -0.25) is 4.79 Å². The Morgan fingerprint density at radius 3 is 2.78 bits per heavy atom. The van der Waals surface area contributed by atoms with Gasteiger partial charge in [0.1, 0.15) is 11.5 Å². The minimum atomic E-state index is -0.200. The Bertz CT molecular complexity index is 688. The molecule has 1 N–H and O–H groups in total. The second-order valence-corrected chi connectivity index (χ2v) is 5.84. The van der Waals surface area contributed by atoms with Crippen molar-refractivity contribution in [3.8, 4) is 11.5 Å². The minimum Gasteiger partial charge on any atom is -0.507 e. The van der Waals surface area contributed by atoms with Gasteiger partial charge in [-0.2, -0.15) is 0 Å². The SMILES string of the molecule is Cc1ccc(O)c(C(=O)N(C)CCCOc2cccc(Cl)c2)c1. The highest BCUT2D eigenvalue weighted by Crippen LogP contribution is 2.20. The Labute approximate surface area is 141 Å². The lowest BCUT2D eigenvalue weighted by molar-refractivity contribution is 0.0785. The molecule has 0 fully saturated rings. The first kappa shape index (κ1) is 17.2. The van der Waals surface area contributed by atoms with Crippen LogP contribution in [-0.4, -0.2) is 36.1 Å². The first-order valence-corrected chi connectivity index (χ1v) is 7.78. The summed E-state index contributed by atoms with van der Waals surface area (Å²) < 4.78 is 5.59. The summed E-state index contributed by atoms with van der Waals surface area (Å²) in [5, 5.41) is 10.4. The summed E-state index contributed by atoms with van der Waals surface area (Å²) in [7, 11) is 1.71. The highest BCUT2D eigenvalue weighted by atomic mass is 35.5. The molecule has 0 bridgehead atoms. The van der Waals surface area contributed by atoms with Crippen LogP contribution in [0.3, 0.4) is 0 Å². The van der Waals surface area contributed by atoms with Gasteiger partial charge in [0.05, 0.1) is 12.2 Å². The summed E-state index contributed by atoms with van der Waals surface area (Å²) in [6.45, 7) is 2.90. The standard InChI is InChI=1S/C18H20ClNO3/c1-13-7-8-17(21)16(11-13)18(22)20(2)9-4-10-23-15-6-3-5-14(19)12-15/h3,5-8,11-12,21H,4,9-10H2,1-2H3. The van der Waals surface area contributed by atoms with E-state index in [1.54, 1.807) is 42.3 Å². The number of carbonyl (C=O) groups is 1. The van der Waals surface area contributed by atoms with Gasteiger partial charge >= 0.3 is 0 Å². The number of nitrogens with zero attached hydrogens (tertiary/aromatic N) is 1. The van der Waals surface area contributed by atoms with Gasteiger partial charge in [0.15, 0.2) is 0 Å². The van der Waals surface area contributed by atoms with Crippen LogP contribution in [0.1, 0.15) is 22.3 Å². The third kappa shape index (κ3) is 4.89. The highest BCUT2D eigenvalue weighted by Gasteiger charge is 2.15. The van der Waals surface area contributed by atoms with Crippen LogP contribution in [0.4, 0.5) is 0 Å². The van der Waals surface area contributed by atoms with E-state index in [1.165, 1.54) is 0 Å². The smallest absolute Gasteiger partial charge is 0.257 e. The molecule has 5 heteroatoms. The Morgan fingerprint density at radius 2 is 2.04 bits per heavy atom. The van der Waals surface area contributed by atoms with Crippen molar-refractivity contribution in [2.45, 2.75) is 13.3 Å². The molecular weight excluding hydrogens is 314 g/mol. The molecule has 0 aliphatic rings. The normalized spacial score (nSPS) is 10.4. The Morgan fingerprint density at radius 1 is 1.26 bits per heavy atom. The second kappa shape index (κ2) is 7.88. The van der Waals surface area contributed by atoms with E-state index in [0.717, 1.165) is 5.56 Å². The molecule has 0 saturated carbocycles. The van der Waals surface area contributed by atoms with E-state index < -0.39 is 0 Å². The van der Waals surface area contributed by atoms with Crippen molar-refractivity contribution in [2.24, 2.45) is 0 Å². The molecule has 0 radical (unpaired) electrons. The van der Waals surface area contributed by atoms with Gasteiger partial charge in [0, 0.05) is 18.6 Å². The number of hydrogen-bond acceptors (Lipinski definition) is 3. The van der Waals surface area contributed by atoms with Gasteiger partial charge < -0.3 is 14.7 Å². The molecule has 0 saturated heterocycles. The number of rotatable bonds is 6. The van der Waals surface area contributed by atoms with Crippen LogP contribution < -0.4 is 4.74 Å². The summed E-state index contributed by atoms with van der Waals surface area (Å²) in [5.74, 6) is 0.513. The fraction of sp³-hybridized carbons (Fsp3) is 0.278. The van der Waals surface area contributed by atoms with Crippen LogP contribution in [0, 0.1) is 6.92 Å². The van der Waals surface area contributed by atoms with E-state index in [2.05, 4.69) is 0 Å². The summed E-state index contributed by atoms with van der Waals surface area (Å²) in [5.41, 5.74) is 1.26. The third-order valence-corrected chi connectivity index (χ3v) is 3.67. The van der Waals surface area contributed by atoms with Crippen LogP contribution in [0.25, 0.3) is 0 Å². The Balaban J connectivity index is 1.83. The number of phenols is 1. The number of phenolic OH excluding ortho intramolecular Hbond substituents is 1. The lowest BCUT2D eigenvalue weighted by Gasteiger charge is -2.18. The van der Waals surface area contributed by atoms with Crippen molar-refractivity contribution in [2.75, 3.05) is 20.2 Å². The summed E-state index contributed by atoms with van der Waals surface area (Å²) in [4.78, 5) is 13.9. The number of amides is 1. The quantitative estimate of drug-likeness (QED) is 0.816. The van der Waals surface area contributed by atoms with Gasteiger partial charge in [-0.25, -0.2) is 0 Å².